The van der Waals surface area contributed by atoms with E-state index < -0.39 is 23.6 Å². The zero-order valence-electron chi connectivity index (χ0n) is 24.5. The van der Waals surface area contributed by atoms with Gasteiger partial charge in [-0.05, 0) is 70.6 Å². The van der Waals surface area contributed by atoms with Crippen LogP contribution in [0.4, 0.5) is 10.6 Å². The third-order valence-corrected chi connectivity index (χ3v) is 7.95. The van der Waals surface area contributed by atoms with Crippen molar-refractivity contribution in [2.75, 3.05) is 12.4 Å². The summed E-state index contributed by atoms with van der Waals surface area (Å²) in [7, 11) is 3.09. The van der Waals surface area contributed by atoms with Crippen LogP contribution in [0, 0.1) is 5.92 Å². The lowest BCUT2D eigenvalue weighted by Gasteiger charge is -2.30. The Morgan fingerprint density at radius 1 is 0.977 bits per heavy atom. The van der Waals surface area contributed by atoms with Gasteiger partial charge in [0.1, 0.15) is 11.9 Å². The largest absolute Gasteiger partial charge is 0.467 e. The maximum Gasteiger partial charge on any atom is 0.328 e. The second-order valence-corrected chi connectivity index (χ2v) is 11.6. The molecule has 3 N–H and O–H groups in total. The summed E-state index contributed by atoms with van der Waals surface area (Å²) in [4.78, 5) is 34.1. The van der Waals surface area contributed by atoms with Gasteiger partial charge in [-0.2, -0.15) is 0 Å². The molecule has 2 unspecified atom stereocenters. The molecule has 0 saturated heterocycles. The fraction of sp³-hybridized carbons (Fsp3) is 0.212. The number of fused-ring (bicyclic) bond motifs is 1. The quantitative estimate of drug-likeness (QED) is 0.167. The monoisotopic (exact) mass is 631 g/mol. The first-order chi connectivity index (χ1) is 21.0. The molecule has 11 heteroatoms. The molecular weight excluding hydrogens is 601 g/mol. The summed E-state index contributed by atoms with van der Waals surface area (Å²) in [6.45, 7) is 3.61. The molecule has 2 aromatic heterocycles. The van der Waals surface area contributed by atoms with Crippen LogP contribution in [0.5, 0.6) is 0 Å². The Morgan fingerprint density at radius 2 is 1.70 bits per heavy atom. The van der Waals surface area contributed by atoms with Crippen LogP contribution < -0.4 is 10.6 Å². The van der Waals surface area contributed by atoms with E-state index in [0.717, 1.165) is 5.56 Å². The summed E-state index contributed by atoms with van der Waals surface area (Å²) >= 11 is 12.6. The average Bonchev–Trinajstić information content (AvgIpc) is 3.45. The molecule has 2 heterocycles. The molecule has 0 saturated carbocycles. The highest BCUT2D eigenvalue weighted by Gasteiger charge is 2.37. The number of nitrogens with one attached hydrogen (secondary N) is 2. The van der Waals surface area contributed by atoms with Gasteiger partial charge in [0.2, 0.25) is 0 Å². The molecule has 5 aromatic rings. The SMILES string of the molecule is COC(=O)C(NC(=O)Nc1cc(-c2cccc(Cl)c2)c2cc(C(O)(c3ccc(Cl)cc3)c3cncn3C)ccc2n1)C(C)C. The molecule has 44 heavy (non-hydrogen) atoms. The van der Waals surface area contributed by atoms with E-state index >= 15 is 0 Å². The number of carbonyl (C=O) groups is 2. The molecule has 0 radical (unpaired) electrons. The van der Waals surface area contributed by atoms with Gasteiger partial charge in [-0.15, -0.1) is 0 Å². The van der Waals surface area contributed by atoms with Gasteiger partial charge in [-0.25, -0.2) is 19.6 Å². The fourth-order valence-electron chi connectivity index (χ4n) is 5.19. The summed E-state index contributed by atoms with van der Waals surface area (Å²) in [5, 5.41) is 19.7. The number of esters is 1. The van der Waals surface area contributed by atoms with Gasteiger partial charge in [-0.3, -0.25) is 5.32 Å². The molecule has 5 rings (SSSR count). The van der Waals surface area contributed by atoms with E-state index in [1.165, 1.54) is 7.11 Å². The zero-order valence-corrected chi connectivity index (χ0v) is 26.0. The van der Waals surface area contributed by atoms with Crippen molar-refractivity contribution in [3.63, 3.8) is 0 Å². The number of ether oxygens (including phenoxy) is 1. The number of rotatable bonds is 8. The van der Waals surface area contributed by atoms with Crippen LogP contribution in [-0.4, -0.2) is 44.8 Å². The van der Waals surface area contributed by atoms with Crippen LogP contribution in [0.2, 0.25) is 10.0 Å². The van der Waals surface area contributed by atoms with E-state index in [-0.39, 0.29) is 11.7 Å². The van der Waals surface area contributed by atoms with Crippen molar-refractivity contribution < 1.29 is 19.4 Å². The number of pyridine rings is 1. The molecule has 0 bridgehead atoms. The number of benzene rings is 3. The highest BCUT2D eigenvalue weighted by atomic mass is 35.5. The highest BCUT2D eigenvalue weighted by molar-refractivity contribution is 6.31. The molecule has 2 amide bonds. The summed E-state index contributed by atoms with van der Waals surface area (Å²) in [6.07, 6.45) is 3.25. The van der Waals surface area contributed by atoms with Crippen LogP contribution in [0.15, 0.2) is 85.3 Å². The lowest BCUT2D eigenvalue weighted by atomic mass is 9.82. The first kappa shape index (κ1) is 31.0. The minimum absolute atomic E-state index is 0.197. The van der Waals surface area contributed by atoms with Crippen molar-refractivity contribution in [2.24, 2.45) is 13.0 Å². The second kappa shape index (κ2) is 12.7. The number of aryl methyl sites for hydroxylation is 1. The Bertz CT molecular complexity index is 1840. The van der Waals surface area contributed by atoms with Crippen LogP contribution in [0.25, 0.3) is 22.0 Å². The van der Waals surface area contributed by atoms with Crippen molar-refractivity contribution >= 4 is 51.9 Å². The van der Waals surface area contributed by atoms with Gasteiger partial charge in [0, 0.05) is 22.5 Å². The van der Waals surface area contributed by atoms with E-state index in [2.05, 4.69) is 15.6 Å². The number of urea groups is 1. The van der Waals surface area contributed by atoms with Crippen molar-refractivity contribution in [2.45, 2.75) is 25.5 Å². The first-order valence-electron chi connectivity index (χ1n) is 13.8. The molecule has 0 fully saturated rings. The van der Waals surface area contributed by atoms with E-state index in [4.69, 9.17) is 32.9 Å². The van der Waals surface area contributed by atoms with E-state index in [0.29, 0.717) is 43.3 Å². The maximum absolute atomic E-state index is 13.0. The van der Waals surface area contributed by atoms with Crippen molar-refractivity contribution in [3.05, 3.63) is 112 Å². The number of amides is 2. The summed E-state index contributed by atoms with van der Waals surface area (Å²) in [5.41, 5.74) is 2.17. The Labute approximate surface area is 264 Å². The number of hydrogen-bond donors (Lipinski definition) is 3. The number of anilines is 1. The molecule has 0 spiro atoms. The fourth-order valence-corrected chi connectivity index (χ4v) is 5.50. The molecule has 0 aliphatic rings. The van der Waals surface area contributed by atoms with Gasteiger partial charge >= 0.3 is 12.0 Å². The Balaban J connectivity index is 1.65. The number of carbonyl (C=O) groups excluding carboxylic acids is 2. The molecule has 2 atom stereocenters. The van der Waals surface area contributed by atoms with Crippen LogP contribution in [-0.2, 0) is 22.2 Å². The minimum Gasteiger partial charge on any atom is -0.467 e. The summed E-state index contributed by atoms with van der Waals surface area (Å²) in [5.74, 6) is -0.489. The Morgan fingerprint density at radius 3 is 2.34 bits per heavy atom. The Kier molecular flexibility index (Phi) is 8.92. The predicted octanol–water partition coefficient (Wildman–Crippen LogP) is 6.55. The summed E-state index contributed by atoms with van der Waals surface area (Å²) < 4.78 is 6.60. The number of imidazole rings is 1. The van der Waals surface area contributed by atoms with Gasteiger partial charge in [-0.1, -0.05) is 67.4 Å². The zero-order chi connectivity index (χ0) is 31.6. The van der Waals surface area contributed by atoms with E-state index in [1.807, 2.05) is 45.2 Å². The van der Waals surface area contributed by atoms with Gasteiger partial charge in [0.15, 0.2) is 5.60 Å². The number of halogens is 2. The molecule has 3 aromatic carbocycles. The second-order valence-electron chi connectivity index (χ2n) is 10.7. The Hall–Kier alpha value is -4.44. The van der Waals surface area contributed by atoms with Crippen LogP contribution in [0.1, 0.15) is 30.7 Å². The highest BCUT2D eigenvalue weighted by Crippen LogP contribution is 2.40. The molecule has 0 aliphatic heterocycles. The third kappa shape index (κ3) is 6.12. The normalized spacial score (nSPS) is 13.4. The van der Waals surface area contributed by atoms with Crippen molar-refractivity contribution in [1.29, 1.82) is 0 Å². The van der Waals surface area contributed by atoms with Crippen LogP contribution >= 0.6 is 23.2 Å². The smallest absolute Gasteiger partial charge is 0.328 e. The molecule has 0 aliphatic carbocycles. The minimum atomic E-state index is -1.59. The first-order valence-corrected chi connectivity index (χ1v) is 14.6. The van der Waals surface area contributed by atoms with E-state index in [1.54, 1.807) is 65.6 Å². The van der Waals surface area contributed by atoms with E-state index in [9.17, 15) is 14.7 Å². The summed E-state index contributed by atoms with van der Waals surface area (Å²) in [6, 6.07) is 20.0. The standard InChI is InChI=1S/C33H31Cl2N5O4/c1-19(2)30(31(41)44-4)39-32(42)38-29-16-25(20-6-5-7-24(35)14-20)26-15-22(10-13-27(26)37-29)33(43,28-17-36-18-40(28)3)21-8-11-23(34)12-9-21/h5-19,30,43H,1-4H3,(H2,37,38,39,42). The van der Waals surface area contributed by atoms with Gasteiger partial charge < -0.3 is 19.7 Å². The predicted molar refractivity (Wildman–Crippen MR) is 172 cm³/mol. The maximum atomic E-state index is 13.0. The molecule has 226 valence electrons. The van der Waals surface area contributed by atoms with Crippen molar-refractivity contribution in [3.8, 4) is 11.1 Å². The third-order valence-electron chi connectivity index (χ3n) is 7.46. The number of aromatic nitrogens is 3. The number of methoxy groups -OCH3 is 1. The van der Waals surface area contributed by atoms with Crippen molar-refractivity contribution in [1.82, 2.24) is 19.9 Å². The van der Waals surface area contributed by atoms with Gasteiger partial charge in [0.05, 0.1) is 30.8 Å². The lowest BCUT2D eigenvalue weighted by Crippen LogP contribution is -2.46. The molecular formula is C33H31Cl2N5O4. The lowest BCUT2D eigenvalue weighted by molar-refractivity contribution is -0.143. The molecule has 9 nitrogen and oxygen atoms in total. The number of hydrogen-bond acceptors (Lipinski definition) is 6. The average molecular weight is 633 g/mol. The van der Waals surface area contributed by atoms with Gasteiger partial charge in [0.25, 0.3) is 0 Å². The number of nitrogens with zero attached hydrogens (tertiary/aromatic N) is 3. The van der Waals surface area contributed by atoms with Crippen LogP contribution in [0.3, 0.4) is 0 Å². The topological polar surface area (TPSA) is 118 Å². The number of aliphatic hydroxyl groups is 1.